The van der Waals surface area contributed by atoms with E-state index in [0.29, 0.717) is 64.9 Å². The quantitative estimate of drug-likeness (QED) is 0.0756. The predicted molar refractivity (Wildman–Crippen MR) is 285 cm³/mol. The number of aliphatic hydroxyl groups is 5. The van der Waals surface area contributed by atoms with E-state index in [-0.39, 0.29) is 57.0 Å². The molecule has 4 aliphatic heterocycles. The number of carbonyl (C=O) groups is 2. The molecular weight excluding hydrogens is 987 g/mol. The second-order valence-electron chi connectivity index (χ2n) is 27.0. The lowest BCUT2D eigenvalue weighted by Crippen LogP contribution is -2.79. The Morgan fingerprint density at radius 1 is 0.795 bits per heavy atom. The van der Waals surface area contributed by atoms with Crippen LogP contribution in [0.5, 0.6) is 11.5 Å². The molecule has 9 aliphatic carbocycles. The Morgan fingerprint density at radius 3 is 2.42 bits per heavy atom. The summed E-state index contributed by atoms with van der Waals surface area (Å²) in [7, 11) is 0. The van der Waals surface area contributed by atoms with Crippen molar-refractivity contribution >= 4 is 33.7 Å². The number of pyridine rings is 1. The summed E-state index contributed by atoms with van der Waals surface area (Å²) in [5.41, 5.74) is 2.49. The van der Waals surface area contributed by atoms with Gasteiger partial charge < -0.3 is 55.4 Å². The number of hydrogen-bond acceptors (Lipinski definition) is 13. The third-order valence-corrected chi connectivity index (χ3v) is 23.6. The van der Waals surface area contributed by atoms with Gasteiger partial charge in [-0.05, 0) is 178 Å². The number of benzene rings is 2. The van der Waals surface area contributed by atoms with Crippen molar-refractivity contribution in [2.75, 3.05) is 11.9 Å². The van der Waals surface area contributed by atoms with E-state index in [2.05, 4.69) is 21.4 Å². The maximum Gasteiger partial charge on any atom is 0.261 e. The van der Waals surface area contributed by atoms with Gasteiger partial charge in [0.15, 0.2) is 17.5 Å². The lowest BCUT2D eigenvalue weighted by Gasteiger charge is -2.64. The van der Waals surface area contributed by atoms with Crippen LogP contribution in [0.15, 0.2) is 60.1 Å². The molecule has 404 valence electrons. The van der Waals surface area contributed by atoms with Crippen molar-refractivity contribution in [3.05, 3.63) is 116 Å². The topological polar surface area (TPSA) is 243 Å². The molecule has 1 saturated heterocycles. The molecule has 0 radical (unpaired) electrons. The molecule has 8 bridgehead atoms. The molecule has 0 unspecified atom stereocenters. The fraction of sp³-hybridized carbons (Fsp3) is 0.556. The number of ketones is 2. The third-order valence-electron chi connectivity index (χ3n) is 23.6. The van der Waals surface area contributed by atoms with Crippen LogP contribution in [-0.2, 0) is 16.6 Å². The van der Waals surface area contributed by atoms with Crippen molar-refractivity contribution in [2.24, 2.45) is 27.6 Å². The summed E-state index contributed by atoms with van der Waals surface area (Å²) in [5.74, 6) is -3.87. The molecule has 9 N–H and O–H groups in total. The van der Waals surface area contributed by atoms with Crippen LogP contribution in [-0.4, -0.2) is 111 Å². The fourth-order valence-electron chi connectivity index (χ4n) is 20.5. The highest BCUT2D eigenvalue weighted by Crippen LogP contribution is 2.77. The molecule has 18 rings (SSSR count). The molecule has 78 heavy (non-hydrogen) atoms. The number of nitrogens with one attached hydrogen (secondary N) is 3. The number of H-pyrrole nitrogens is 2. The van der Waals surface area contributed by atoms with Crippen molar-refractivity contribution < 1.29 is 49.7 Å². The number of fused-ring (bicyclic) bond motifs is 10. The first-order valence-electron chi connectivity index (χ1n) is 29.3. The number of aromatic amines is 2. The van der Waals surface area contributed by atoms with Gasteiger partial charge in [0.1, 0.15) is 29.5 Å². The Kier molecular flexibility index (Phi) is 9.19. The zero-order chi connectivity index (χ0) is 52.8. The summed E-state index contributed by atoms with van der Waals surface area (Å²) in [6.45, 7) is 1.77. The van der Waals surface area contributed by atoms with E-state index >= 15 is 9.59 Å². The smallest absolute Gasteiger partial charge is 0.261 e. The van der Waals surface area contributed by atoms with E-state index < -0.39 is 69.7 Å². The molecule has 12 atom stereocenters. The monoisotopic (exact) mass is 1050 g/mol. The average Bonchev–Trinajstić information content (AvgIpc) is 3.97. The predicted octanol–water partition coefficient (Wildman–Crippen LogP) is 8.15. The van der Waals surface area contributed by atoms with Crippen LogP contribution in [0.3, 0.4) is 0 Å². The number of ether oxygens (including phenoxy) is 2. The molecule has 13 aliphatic rings. The number of phenols is 1. The summed E-state index contributed by atoms with van der Waals surface area (Å²) in [6.07, 6.45) is 13.9. The molecule has 0 amide bonds. The van der Waals surface area contributed by atoms with Crippen molar-refractivity contribution in [1.29, 1.82) is 0 Å². The van der Waals surface area contributed by atoms with Crippen LogP contribution in [0.4, 0.5) is 5.82 Å². The fourth-order valence-corrected chi connectivity index (χ4v) is 20.5. The minimum absolute atomic E-state index is 0.000787. The number of aliphatic hydroxyl groups excluding tert-OH is 5. The Bertz CT molecular complexity index is 3620. The number of nitrogens with zero attached hydrogens (tertiary/aromatic N) is 2. The highest BCUT2D eigenvalue weighted by atomic mass is 16.7. The maximum absolute atomic E-state index is 15.4. The summed E-state index contributed by atoms with van der Waals surface area (Å²) in [5, 5.41) is 83.7. The van der Waals surface area contributed by atoms with Crippen LogP contribution < -0.4 is 10.1 Å². The minimum atomic E-state index is -2.44. The Balaban J connectivity index is 1.00. The van der Waals surface area contributed by atoms with Gasteiger partial charge in [0.05, 0.1) is 40.8 Å². The second-order valence-corrected chi connectivity index (χ2v) is 27.0. The molecule has 3 aromatic heterocycles. The zero-order valence-corrected chi connectivity index (χ0v) is 44.0. The number of anilines is 1. The van der Waals surface area contributed by atoms with Gasteiger partial charge in [-0.15, -0.1) is 0 Å². The van der Waals surface area contributed by atoms with Crippen LogP contribution in [0.1, 0.15) is 187 Å². The highest BCUT2D eigenvalue weighted by molar-refractivity contribution is 6.34. The van der Waals surface area contributed by atoms with Crippen molar-refractivity contribution in [3.8, 4) is 11.5 Å². The van der Waals surface area contributed by atoms with Gasteiger partial charge in [-0.2, -0.15) is 0 Å². The summed E-state index contributed by atoms with van der Waals surface area (Å²) in [6, 6.07) is 8.67. The number of aryl methyl sites for hydroxylation is 2. The zero-order valence-electron chi connectivity index (χ0n) is 44.0. The Hall–Kier alpha value is -5.68. The van der Waals surface area contributed by atoms with Gasteiger partial charge in [-0.1, -0.05) is 37.7 Å². The molecule has 15 nitrogen and oxygen atoms in total. The summed E-state index contributed by atoms with van der Waals surface area (Å²) >= 11 is 0. The Labute approximate surface area is 451 Å². The largest absolute Gasteiger partial charge is 0.507 e. The normalized spacial score (nSPS) is 38.7. The highest BCUT2D eigenvalue weighted by Gasteiger charge is 2.77. The number of rotatable bonds is 1. The lowest BCUT2D eigenvalue weighted by atomic mass is 9.50. The van der Waals surface area contributed by atoms with E-state index in [0.717, 1.165) is 130 Å². The first-order chi connectivity index (χ1) is 37.6. The lowest BCUT2D eigenvalue weighted by molar-refractivity contribution is -0.366. The Morgan fingerprint density at radius 2 is 1.60 bits per heavy atom. The molecule has 6 spiro atoms. The van der Waals surface area contributed by atoms with E-state index in [1.54, 1.807) is 37.4 Å². The molecule has 6 fully saturated rings. The molecule has 5 aromatic rings. The van der Waals surface area contributed by atoms with Crippen LogP contribution in [0.2, 0.25) is 0 Å². The molecule has 2 aromatic carbocycles. The number of phenolic OH excluding ortho intramolecular Hbond substituents is 1. The van der Waals surface area contributed by atoms with Crippen molar-refractivity contribution in [2.45, 2.75) is 182 Å². The van der Waals surface area contributed by atoms with E-state index in [1.807, 2.05) is 6.33 Å². The number of aromatic hydroxyl groups is 1. The summed E-state index contributed by atoms with van der Waals surface area (Å²) < 4.78 is 15.0. The third kappa shape index (κ3) is 5.48. The van der Waals surface area contributed by atoms with E-state index in [9.17, 15) is 30.6 Å². The van der Waals surface area contributed by atoms with Gasteiger partial charge in [0.2, 0.25) is 5.78 Å². The standard InChI is InChI=1S/C63H67N5O10/c1-30-19-35-44(40(69)20-30)50(72)46-41-21-33-32(45(46)49(35)71)10-18-64-55(33)65-26-43(70)61-28-58(13-4-5-14-58)24-37(61)34-22-42(60-15-6-7-31(60)8-9-39-52(60)67-29-66-39)68-48(34)36-23-62(77-41)53(74)51(73)54(75)63(78-62)47(36)38(61)25-59(56(63)76)17-16-57(27-59)11-2-3-12-57/h10,18-23,29,31,37,43,51,53-54,56,68-70,73-76H,2-9,11-17,24-28H2,1H3,(H,64,65)(H,66,67)/t31-,37+,43+,51-,53-,54+,56-,59-,60-,61+,62-,63+/m1/s1. The average molecular weight is 1050 g/mol. The van der Waals surface area contributed by atoms with E-state index in [1.165, 1.54) is 6.07 Å². The van der Waals surface area contributed by atoms with Gasteiger partial charge >= 0.3 is 0 Å². The molecule has 5 saturated carbocycles. The molecule has 15 heteroatoms. The maximum atomic E-state index is 15.4. The first kappa shape index (κ1) is 47.2. The summed E-state index contributed by atoms with van der Waals surface area (Å²) in [4.78, 5) is 48.2. The van der Waals surface area contributed by atoms with Gasteiger partial charge in [0, 0.05) is 62.7 Å². The number of aromatic nitrogens is 4. The van der Waals surface area contributed by atoms with E-state index in [4.69, 9.17) is 19.4 Å². The minimum Gasteiger partial charge on any atom is -0.507 e. The second kappa shape index (κ2) is 15.2. The first-order valence-corrected chi connectivity index (χ1v) is 29.3. The SMILES string of the molecule is Cc1cc(O)c2c(c1)C(=O)c1c(c3cc4c(nccc14)NC[C@H](O)[C@@]14CC5(CCCC5)C[C@H]1c1cc([C@@]56CCC[C@@H]5CCc5[nH]cnc56)[nH]c1C1=C[C@@]5(O3)O[C@@]3(C1=C4C[C@@]1(CCC4(CCCC4)C1)[C@H]3O)[C@@H](O)[C@H](O)[C@H]5O)C2=O. The van der Waals surface area contributed by atoms with Gasteiger partial charge in [0.25, 0.3) is 5.79 Å². The van der Waals surface area contributed by atoms with Gasteiger partial charge in [-0.3, -0.25) is 9.59 Å². The molecule has 7 heterocycles. The van der Waals surface area contributed by atoms with Crippen molar-refractivity contribution in [3.63, 3.8) is 0 Å². The van der Waals surface area contributed by atoms with Gasteiger partial charge in [-0.25, -0.2) is 9.97 Å². The molecular formula is C63H67N5O10. The van der Waals surface area contributed by atoms with Crippen molar-refractivity contribution in [1.82, 2.24) is 19.9 Å². The number of imidazole rings is 1. The van der Waals surface area contributed by atoms with Crippen LogP contribution >= 0.6 is 0 Å². The number of carbonyl (C=O) groups excluding carboxylic acids is 2. The number of hydrogen-bond donors (Lipinski definition) is 9. The van der Waals surface area contributed by atoms with Crippen LogP contribution in [0, 0.1) is 34.5 Å². The van der Waals surface area contributed by atoms with Crippen LogP contribution in [0.25, 0.3) is 16.3 Å².